The van der Waals surface area contributed by atoms with Crippen LogP contribution in [-0.4, -0.2) is 50.0 Å². The minimum atomic E-state index is -3.55. The number of rotatable bonds is 12. The summed E-state index contributed by atoms with van der Waals surface area (Å²) in [5.41, 5.74) is 2.19. The van der Waals surface area contributed by atoms with Crippen molar-refractivity contribution >= 4 is 50.7 Å². The Bertz CT molecular complexity index is 1230. The fourth-order valence-electron chi connectivity index (χ4n) is 4.95. The Kier molecular flexibility index (Phi) is 10.9. The molecule has 10 heteroatoms. The van der Waals surface area contributed by atoms with E-state index in [4.69, 9.17) is 23.2 Å². The molecule has 208 valence electrons. The van der Waals surface area contributed by atoms with E-state index in [0.29, 0.717) is 28.6 Å². The molecule has 0 radical (unpaired) electrons. The molecule has 0 aromatic heterocycles. The first-order chi connectivity index (χ1) is 18.0. The Morgan fingerprint density at radius 3 is 2.37 bits per heavy atom. The molecule has 7 nitrogen and oxygen atoms in total. The van der Waals surface area contributed by atoms with Gasteiger partial charge in [0.15, 0.2) is 0 Å². The zero-order valence-corrected chi connectivity index (χ0v) is 24.6. The van der Waals surface area contributed by atoms with Crippen LogP contribution in [0.25, 0.3) is 0 Å². The van der Waals surface area contributed by atoms with Gasteiger partial charge in [-0.2, -0.15) is 0 Å². The summed E-state index contributed by atoms with van der Waals surface area (Å²) < 4.78 is 26.5. The Hall–Kier alpha value is -2.29. The van der Waals surface area contributed by atoms with Gasteiger partial charge >= 0.3 is 0 Å². The molecule has 1 aliphatic rings. The van der Waals surface area contributed by atoms with Crippen LogP contribution < -0.4 is 9.62 Å². The molecular formula is C28H37Cl2N3O4S. The first kappa shape index (κ1) is 30.3. The quantitative estimate of drug-likeness (QED) is 0.347. The second kappa shape index (κ2) is 13.7. The van der Waals surface area contributed by atoms with Crippen molar-refractivity contribution in [3.8, 4) is 0 Å². The number of carbonyl (C=O) groups is 2. The minimum Gasteiger partial charge on any atom is -0.352 e. The number of anilines is 1. The highest BCUT2D eigenvalue weighted by molar-refractivity contribution is 7.92. The van der Waals surface area contributed by atoms with Gasteiger partial charge in [-0.05, 0) is 61.9 Å². The molecule has 38 heavy (non-hydrogen) atoms. The number of halogens is 2. The number of hydrogen-bond acceptors (Lipinski definition) is 4. The molecule has 0 spiro atoms. The summed E-state index contributed by atoms with van der Waals surface area (Å²) in [6.45, 7) is 4.09. The summed E-state index contributed by atoms with van der Waals surface area (Å²) in [5, 5.41) is 3.92. The number of aryl methyl sites for hydroxylation is 1. The molecule has 1 aliphatic carbocycles. The van der Waals surface area contributed by atoms with Gasteiger partial charge in [0.25, 0.3) is 0 Å². The van der Waals surface area contributed by atoms with Crippen molar-refractivity contribution in [2.45, 2.75) is 77.4 Å². The molecule has 1 fully saturated rings. The Morgan fingerprint density at radius 2 is 1.76 bits per heavy atom. The lowest BCUT2D eigenvalue weighted by atomic mass is 10.1. The van der Waals surface area contributed by atoms with Gasteiger partial charge in [0.1, 0.15) is 6.04 Å². The van der Waals surface area contributed by atoms with E-state index in [1.54, 1.807) is 35.2 Å². The van der Waals surface area contributed by atoms with Crippen LogP contribution in [0.5, 0.6) is 0 Å². The molecule has 0 aliphatic heterocycles. The molecule has 0 bridgehead atoms. The molecule has 1 atom stereocenters. The third-order valence-electron chi connectivity index (χ3n) is 6.96. The summed E-state index contributed by atoms with van der Waals surface area (Å²) in [5.74, 6) is -0.381. The molecular weight excluding hydrogens is 545 g/mol. The van der Waals surface area contributed by atoms with Crippen molar-refractivity contribution in [2.75, 3.05) is 17.1 Å². The highest BCUT2D eigenvalue weighted by Crippen LogP contribution is 2.26. The Labute approximate surface area is 236 Å². The van der Waals surface area contributed by atoms with Crippen molar-refractivity contribution in [1.82, 2.24) is 10.2 Å². The van der Waals surface area contributed by atoms with Crippen molar-refractivity contribution < 1.29 is 18.0 Å². The van der Waals surface area contributed by atoms with Crippen LogP contribution >= 0.6 is 23.2 Å². The predicted molar refractivity (Wildman–Crippen MR) is 154 cm³/mol. The van der Waals surface area contributed by atoms with E-state index in [0.717, 1.165) is 43.1 Å². The Balaban J connectivity index is 1.78. The largest absolute Gasteiger partial charge is 0.352 e. The van der Waals surface area contributed by atoms with E-state index < -0.39 is 16.1 Å². The number of nitrogens with zero attached hydrogens (tertiary/aromatic N) is 2. The third-order valence-corrected chi connectivity index (χ3v) is 8.88. The zero-order valence-electron chi connectivity index (χ0n) is 22.3. The molecule has 1 saturated carbocycles. The average Bonchev–Trinajstić information content (AvgIpc) is 3.36. The molecule has 0 unspecified atom stereocenters. The lowest BCUT2D eigenvalue weighted by molar-refractivity contribution is -0.141. The number of sulfonamides is 1. The van der Waals surface area contributed by atoms with Gasteiger partial charge in [-0.3, -0.25) is 13.9 Å². The maximum Gasteiger partial charge on any atom is 0.243 e. The summed E-state index contributed by atoms with van der Waals surface area (Å²) >= 11 is 12.3. The summed E-state index contributed by atoms with van der Waals surface area (Å²) in [7, 11) is -3.55. The van der Waals surface area contributed by atoms with Gasteiger partial charge in [0.05, 0.1) is 22.0 Å². The molecule has 0 saturated heterocycles. The van der Waals surface area contributed by atoms with Crippen molar-refractivity contribution in [2.24, 2.45) is 0 Å². The predicted octanol–water partition coefficient (Wildman–Crippen LogP) is 5.71. The topological polar surface area (TPSA) is 86.8 Å². The van der Waals surface area contributed by atoms with E-state index in [-0.39, 0.29) is 37.4 Å². The van der Waals surface area contributed by atoms with Crippen LogP contribution in [-0.2, 0) is 26.2 Å². The van der Waals surface area contributed by atoms with Crippen LogP contribution in [0.2, 0.25) is 10.0 Å². The van der Waals surface area contributed by atoms with Gasteiger partial charge in [0.2, 0.25) is 21.8 Å². The number of hydrogen-bond donors (Lipinski definition) is 1. The van der Waals surface area contributed by atoms with Crippen LogP contribution in [0.15, 0.2) is 42.5 Å². The normalized spacial score (nSPS) is 14.8. The van der Waals surface area contributed by atoms with Crippen molar-refractivity contribution in [3.63, 3.8) is 0 Å². The van der Waals surface area contributed by atoms with Gasteiger partial charge in [0, 0.05) is 25.6 Å². The van der Waals surface area contributed by atoms with Crippen LogP contribution in [0.3, 0.4) is 0 Å². The molecule has 1 N–H and O–H groups in total. The molecule has 2 aromatic carbocycles. The zero-order chi connectivity index (χ0) is 27.9. The minimum absolute atomic E-state index is 0.0897. The number of para-hydroxylation sites is 1. The van der Waals surface area contributed by atoms with E-state index >= 15 is 0 Å². The third kappa shape index (κ3) is 8.10. The first-order valence-corrected chi connectivity index (χ1v) is 15.7. The second-order valence-corrected chi connectivity index (χ2v) is 12.6. The monoisotopic (exact) mass is 581 g/mol. The van der Waals surface area contributed by atoms with Gasteiger partial charge in [-0.25, -0.2) is 8.42 Å². The number of benzene rings is 2. The molecule has 2 aromatic rings. The van der Waals surface area contributed by atoms with E-state index in [1.165, 1.54) is 4.31 Å². The van der Waals surface area contributed by atoms with E-state index in [2.05, 4.69) is 5.32 Å². The summed E-state index contributed by atoms with van der Waals surface area (Å²) in [4.78, 5) is 28.5. The fraction of sp³-hybridized carbons (Fsp3) is 0.500. The smallest absolute Gasteiger partial charge is 0.243 e. The van der Waals surface area contributed by atoms with Crippen LogP contribution in [0, 0.1) is 6.92 Å². The maximum absolute atomic E-state index is 13.6. The average molecular weight is 583 g/mol. The second-order valence-electron chi connectivity index (χ2n) is 9.91. The van der Waals surface area contributed by atoms with Crippen LogP contribution in [0.1, 0.15) is 63.0 Å². The first-order valence-electron chi connectivity index (χ1n) is 13.1. The highest BCUT2D eigenvalue weighted by Gasteiger charge is 2.31. The van der Waals surface area contributed by atoms with Crippen molar-refractivity contribution in [1.29, 1.82) is 0 Å². The van der Waals surface area contributed by atoms with Gasteiger partial charge < -0.3 is 10.2 Å². The summed E-state index contributed by atoms with van der Waals surface area (Å²) in [6, 6.07) is 11.9. The van der Waals surface area contributed by atoms with Crippen LogP contribution in [0.4, 0.5) is 5.69 Å². The van der Waals surface area contributed by atoms with Gasteiger partial charge in [-0.15, -0.1) is 0 Å². The lowest BCUT2D eigenvalue weighted by Gasteiger charge is -2.32. The van der Waals surface area contributed by atoms with E-state index in [9.17, 15) is 18.0 Å². The maximum atomic E-state index is 13.6. The van der Waals surface area contributed by atoms with Gasteiger partial charge in [-0.1, -0.05) is 67.2 Å². The molecule has 2 amide bonds. The molecule has 0 heterocycles. The number of amides is 2. The fourth-order valence-corrected chi connectivity index (χ4v) is 6.29. The number of nitrogens with one attached hydrogen (secondary N) is 1. The molecule has 3 rings (SSSR count). The standard InChI is InChI=1S/C28H37Cl2N3O4S/c1-4-25(28(35)31-22-11-6-7-12-22)32(19-21-15-16-23(29)24(30)18-21)27(34)14-9-17-33(38(3,36)37)26-13-8-5-10-20(26)2/h5,8,10,13,15-16,18,22,25H,4,6-7,9,11-12,14,17,19H2,1-3H3,(H,31,35)/t25-/m1/s1. The highest BCUT2D eigenvalue weighted by atomic mass is 35.5. The Morgan fingerprint density at radius 1 is 1.08 bits per heavy atom. The van der Waals surface area contributed by atoms with E-state index in [1.807, 2.05) is 26.0 Å². The SMILES string of the molecule is CC[C@H](C(=O)NC1CCCC1)N(Cc1ccc(Cl)c(Cl)c1)C(=O)CCCN(c1ccccc1C)S(C)(=O)=O. The summed E-state index contributed by atoms with van der Waals surface area (Å²) in [6.07, 6.45) is 6.08. The van der Waals surface area contributed by atoms with Crippen molar-refractivity contribution in [3.05, 3.63) is 63.6 Å². The number of carbonyl (C=O) groups excluding carboxylic acids is 2. The lowest BCUT2D eigenvalue weighted by Crippen LogP contribution is -2.51.